The van der Waals surface area contributed by atoms with Crippen LogP contribution in [0.25, 0.3) is 0 Å². The summed E-state index contributed by atoms with van der Waals surface area (Å²) in [6.45, 7) is 1.47. The van der Waals surface area contributed by atoms with Crippen LogP contribution in [0.3, 0.4) is 0 Å². The van der Waals surface area contributed by atoms with E-state index in [0.29, 0.717) is 30.5 Å². The first-order valence-corrected chi connectivity index (χ1v) is 6.67. The normalized spacial score (nSPS) is 17.5. The highest BCUT2D eigenvalue weighted by molar-refractivity contribution is 6.30. The molecule has 1 unspecified atom stereocenters. The SMILES string of the molecule is Cl.O=C(CNC(=O)C1COCCN1)Nc1ccc(Cl)cc1. The first kappa shape index (κ1) is 17.7. The standard InChI is InChI=1S/C13H16ClN3O3.ClH/c14-9-1-3-10(4-2-9)17-12(18)7-16-13(19)11-8-20-6-5-15-11;/h1-4,11,15H,5-8H2,(H,16,19)(H,17,18);1H. The average molecular weight is 334 g/mol. The molecule has 116 valence electrons. The molecule has 1 saturated heterocycles. The van der Waals surface area contributed by atoms with Crippen molar-refractivity contribution in [2.75, 3.05) is 31.6 Å². The third-order valence-corrected chi connectivity index (χ3v) is 3.04. The fourth-order valence-electron chi connectivity index (χ4n) is 1.76. The van der Waals surface area contributed by atoms with Crippen LogP contribution in [0.1, 0.15) is 0 Å². The van der Waals surface area contributed by atoms with E-state index in [1.54, 1.807) is 24.3 Å². The van der Waals surface area contributed by atoms with E-state index in [1.165, 1.54) is 0 Å². The van der Waals surface area contributed by atoms with Crippen molar-refractivity contribution in [1.29, 1.82) is 0 Å². The van der Waals surface area contributed by atoms with Crippen molar-refractivity contribution in [2.45, 2.75) is 6.04 Å². The van der Waals surface area contributed by atoms with Gasteiger partial charge in [-0.1, -0.05) is 11.6 Å². The van der Waals surface area contributed by atoms with Crippen molar-refractivity contribution in [3.05, 3.63) is 29.3 Å². The van der Waals surface area contributed by atoms with Gasteiger partial charge in [-0.05, 0) is 24.3 Å². The number of ether oxygens (including phenoxy) is 1. The largest absolute Gasteiger partial charge is 0.378 e. The molecule has 3 N–H and O–H groups in total. The molecule has 6 nitrogen and oxygen atoms in total. The highest BCUT2D eigenvalue weighted by Gasteiger charge is 2.21. The third kappa shape index (κ3) is 5.89. The Hall–Kier alpha value is -1.34. The molecule has 0 saturated carbocycles. The van der Waals surface area contributed by atoms with Gasteiger partial charge in [-0.3, -0.25) is 9.59 Å². The lowest BCUT2D eigenvalue weighted by atomic mass is 10.2. The second-order valence-corrected chi connectivity index (χ2v) is 4.79. The van der Waals surface area contributed by atoms with Crippen LogP contribution in [0.4, 0.5) is 5.69 Å². The van der Waals surface area contributed by atoms with Crippen LogP contribution in [0.15, 0.2) is 24.3 Å². The number of carbonyl (C=O) groups excluding carboxylic acids is 2. The lowest BCUT2D eigenvalue weighted by molar-refractivity contribution is -0.128. The van der Waals surface area contributed by atoms with Crippen LogP contribution in [-0.4, -0.2) is 44.2 Å². The van der Waals surface area contributed by atoms with Crippen LogP contribution in [0, 0.1) is 0 Å². The minimum absolute atomic E-state index is 0. The Morgan fingerprint density at radius 1 is 1.33 bits per heavy atom. The number of morpholine rings is 1. The number of halogens is 2. The summed E-state index contributed by atoms with van der Waals surface area (Å²) in [5.41, 5.74) is 0.632. The van der Waals surface area contributed by atoms with Crippen LogP contribution in [0.5, 0.6) is 0 Å². The topological polar surface area (TPSA) is 79.5 Å². The highest BCUT2D eigenvalue weighted by atomic mass is 35.5. The average Bonchev–Trinajstić information content (AvgIpc) is 2.48. The molecule has 1 aliphatic rings. The van der Waals surface area contributed by atoms with E-state index in [4.69, 9.17) is 16.3 Å². The molecule has 1 atom stereocenters. The molecule has 21 heavy (non-hydrogen) atoms. The van der Waals surface area contributed by atoms with Crippen LogP contribution in [0.2, 0.25) is 5.02 Å². The minimum Gasteiger partial charge on any atom is -0.378 e. The number of benzene rings is 1. The third-order valence-electron chi connectivity index (χ3n) is 2.79. The predicted octanol–water partition coefficient (Wildman–Crippen LogP) is 0.805. The van der Waals surface area contributed by atoms with Crippen molar-refractivity contribution in [3.8, 4) is 0 Å². The Balaban J connectivity index is 0.00000220. The zero-order chi connectivity index (χ0) is 14.4. The van der Waals surface area contributed by atoms with Gasteiger partial charge in [0.1, 0.15) is 6.04 Å². The zero-order valence-electron chi connectivity index (χ0n) is 11.2. The molecule has 0 spiro atoms. The number of amides is 2. The molecule has 1 aromatic carbocycles. The Morgan fingerprint density at radius 3 is 2.67 bits per heavy atom. The molecule has 0 aromatic heterocycles. The Bertz CT molecular complexity index is 476. The zero-order valence-corrected chi connectivity index (χ0v) is 12.8. The summed E-state index contributed by atoms with van der Waals surface area (Å²) >= 11 is 5.75. The molecule has 1 heterocycles. The van der Waals surface area contributed by atoms with Gasteiger partial charge in [0.15, 0.2) is 0 Å². The van der Waals surface area contributed by atoms with E-state index in [0.717, 1.165) is 0 Å². The van der Waals surface area contributed by atoms with Gasteiger partial charge in [0, 0.05) is 17.3 Å². The van der Waals surface area contributed by atoms with Crippen molar-refractivity contribution < 1.29 is 14.3 Å². The van der Waals surface area contributed by atoms with Crippen molar-refractivity contribution in [2.24, 2.45) is 0 Å². The maximum Gasteiger partial charge on any atom is 0.243 e. The molecule has 2 amide bonds. The van der Waals surface area contributed by atoms with Crippen molar-refractivity contribution in [3.63, 3.8) is 0 Å². The van der Waals surface area contributed by atoms with E-state index >= 15 is 0 Å². The molecule has 1 fully saturated rings. The molecule has 0 bridgehead atoms. The molecule has 2 rings (SSSR count). The first-order valence-electron chi connectivity index (χ1n) is 6.29. The lowest BCUT2D eigenvalue weighted by Gasteiger charge is -2.22. The predicted molar refractivity (Wildman–Crippen MR) is 82.9 cm³/mol. The van der Waals surface area contributed by atoms with Gasteiger partial charge >= 0.3 is 0 Å². The summed E-state index contributed by atoms with van der Waals surface area (Å²) < 4.78 is 5.18. The maximum atomic E-state index is 11.7. The summed E-state index contributed by atoms with van der Waals surface area (Å²) in [6.07, 6.45) is 0. The number of carbonyl (C=O) groups is 2. The smallest absolute Gasteiger partial charge is 0.243 e. The monoisotopic (exact) mass is 333 g/mol. The molecular formula is C13H17Cl2N3O3. The minimum atomic E-state index is -0.396. The number of nitrogens with one attached hydrogen (secondary N) is 3. The van der Waals surface area contributed by atoms with Gasteiger partial charge in [0.2, 0.25) is 11.8 Å². The number of hydrogen-bond acceptors (Lipinski definition) is 4. The van der Waals surface area contributed by atoms with Gasteiger partial charge in [-0.15, -0.1) is 12.4 Å². The number of rotatable bonds is 4. The summed E-state index contributed by atoms with van der Waals surface area (Å²) in [5, 5.41) is 8.84. The summed E-state index contributed by atoms with van der Waals surface area (Å²) in [4.78, 5) is 23.4. The van der Waals surface area contributed by atoms with Gasteiger partial charge in [0.05, 0.1) is 19.8 Å². The summed E-state index contributed by atoms with van der Waals surface area (Å²) in [5.74, 6) is -0.534. The van der Waals surface area contributed by atoms with E-state index in [9.17, 15) is 9.59 Å². The van der Waals surface area contributed by atoms with E-state index in [2.05, 4.69) is 16.0 Å². The molecule has 0 radical (unpaired) electrons. The maximum absolute atomic E-state index is 11.7. The second-order valence-electron chi connectivity index (χ2n) is 4.35. The summed E-state index contributed by atoms with van der Waals surface area (Å²) in [6, 6.07) is 6.35. The lowest BCUT2D eigenvalue weighted by Crippen LogP contribution is -2.52. The molecule has 1 aliphatic heterocycles. The fraction of sp³-hybridized carbons (Fsp3) is 0.385. The van der Waals surface area contributed by atoms with Gasteiger partial charge in [0.25, 0.3) is 0 Å². The van der Waals surface area contributed by atoms with Gasteiger partial charge in [-0.25, -0.2) is 0 Å². The van der Waals surface area contributed by atoms with Gasteiger partial charge in [-0.2, -0.15) is 0 Å². The first-order chi connectivity index (χ1) is 9.65. The fourth-order valence-corrected chi connectivity index (χ4v) is 1.89. The highest BCUT2D eigenvalue weighted by Crippen LogP contribution is 2.12. The second kappa shape index (κ2) is 8.84. The van der Waals surface area contributed by atoms with Crippen molar-refractivity contribution >= 4 is 41.5 Å². The van der Waals surface area contributed by atoms with E-state index in [1.807, 2.05) is 0 Å². The van der Waals surface area contributed by atoms with Gasteiger partial charge < -0.3 is 20.7 Å². The number of hydrogen-bond donors (Lipinski definition) is 3. The Morgan fingerprint density at radius 2 is 2.05 bits per heavy atom. The molecule has 0 aliphatic carbocycles. The summed E-state index contributed by atoms with van der Waals surface area (Å²) in [7, 11) is 0. The molecule has 8 heteroatoms. The van der Waals surface area contributed by atoms with Crippen LogP contribution in [-0.2, 0) is 14.3 Å². The van der Waals surface area contributed by atoms with Crippen LogP contribution >= 0.6 is 24.0 Å². The Labute approximate surface area is 134 Å². The van der Waals surface area contributed by atoms with E-state index < -0.39 is 6.04 Å². The van der Waals surface area contributed by atoms with Crippen LogP contribution < -0.4 is 16.0 Å². The van der Waals surface area contributed by atoms with Crippen molar-refractivity contribution in [1.82, 2.24) is 10.6 Å². The molecular weight excluding hydrogens is 317 g/mol. The Kier molecular flexibility index (Phi) is 7.45. The van der Waals surface area contributed by atoms with E-state index in [-0.39, 0.29) is 30.8 Å². The number of anilines is 1. The quantitative estimate of drug-likeness (QED) is 0.761. The molecule has 1 aromatic rings.